The third kappa shape index (κ3) is 2.46. The van der Waals surface area contributed by atoms with Gasteiger partial charge in [0.25, 0.3) is 5.91 Å². The van der Waals surface area contributed by atoms with Gasteiger partial charge in [0.1, 0.15) is 11.6 Å². The van der Waals surface area contributed by atoms with Gasteiger partial charge in [-0.15, -0.1) is 0 Å². The summed E-state index contributed by atoms with van der Waals surface area (Å²) in [6, 6.07) is 7.32. The first-order valence-corrected chi connectivity index (χ1v) is 8.46. The first-order valence-electron chi connectivity index (χ1n) is 7.02. The van der Waals surface area contributed by atoms with E-state index < -0.39 is 27.5 Å². The molecule has 2 saturated heterocycles. The standard InChI is InChI=1S/C14H14N4O4S/c15-9-10-3-1-2-4-11(10)23(21,22)18-7-5-14(6-8-18)12(19)16-13(20)17-14/h1-4H,5-8H2,(H2,16,17,19,20). The molecule has 8 nitrogen and oxygen atoms in total. The Labute approximate surface area is 133 Å². The van der Waals surface area contributed by atoms with Gasteiger partial charge in [0.2, 0.25) is 10.0 Å². The van der Waals surface area contributed by atoms with Crippen molar-refractivity contribution in [1.82, 2.24) is 14.9 Å². The maximum atomic E-state index is 12.7. The Morgan fingerprint density at radius 2 is 1.83 bits per heavy atom. The molecule has 23 heavy (non-hydrogen) atoms. The van der Waals surface area contributed by atoms with Gasteiger partial charge in [-0.05, 0) is 25.0 Å². The minimum Gasteiger partial charge on any atom is -0.323 e. The molecule has 1 aromatic rings. The molecule has 0 radical (unpaired) electrons. The molecular weight excluding hydrogens is 320 g/mol. The van der Waals surface area contributed by atoms with Gasteiger partial charge in [0.15, 0.2) is 0 Å². The molecule has 3 amide bonds. The molecule has 0 atom stereocenters. The van der Waals surface area contributed by atoms with Crippen LogP contribution in [0.2, 0.25) is 0 Å². The largest absolute Gasteiger partial charge is 0.323 e. The molecule has 0 aromatic heterocycles. The number of imide groups is 1. The molecule has 0 aliphatic carbocycles. The lowest BCUT2D eigenvalue weighted by Crippen LogP contribution is -2.55. The number of carbonyl (C=O) groups excluding carboxylic acids is 2. The lowest BCUT2D eigenvalue weighted by molar-refractivity contribution is -0.125. The number of piperidine rings is 1. The summed E-state index contributed by atoms with van der Waals surface area (Å²) >= 11 is 0. The number of rotatable bonds is 2. The first-order chi connectivity index (χ1) is 10.9. The smallest absolute Gasteiger partial charge is 0.322 e. The van der Waals surface area contributed by atoms with Crippen LogP contribution in [0.15, 0.2) is 29.2 Å². The van der Waals surface area contributed by atoms with Crippen molar-refractivity contribution < 1.29 is 18.0 Å². The van der Waals surface area contributed by atoms with Crippen LogP contribution >= 0.6 is 0 Å². The number of hydrogen-bond donors (Lipinski definition) is 2. The van der Waals surface area contributed by atoms with E-state index in [1.165, 1.54) is 16.4 Å². The lowest BCUT2D eigenvalue weighted by atomic mass is 9.89. The molecule has 0 bridgehead atoms. The summed E-state index contributed by atoms with van der Waals surface area (Å²) in [6.07, 6.45) is 0.386. The van der Waals surface area contributed by atoms with E-state index >= 15 is 0 Å². The Bertz CT molecular complexity index is 819. The average Bonchev–Trinajstić information content (AvgIpc) is 2.81. The summed E-state index contributed by atoms with van der Waals surface area (Å²) in [4.78, 5) is 23.1. The zero-order chi connectivity index (χ0) is 16.7. The van der Waals surface area contributed by atoms with E-state index in [1.807, 2.05) is 6.07 Å². The minimum absolute atomic E-state index is 0.0432. The van der Waals surface area contributed by atoms with Crippen LogP contribution in [0.4, 0.5) is 4.79 Å². The van der Waals surface area contributed by atoms with Gasteiger partial charge in [-0.25, -0.2) is 13.2 Å². The zero-order valence-corrected chi connectivity index (χ0v) is 12.9. The fraction of sp³-hybridized carbons (Fsp3) is 0.357. The van der Waals surface area contributed by atoms with E-state index in [9.17, 15) is 18.0 Å². The molecule has 2 aliphatic heterocycles. The first kappa shape index (κ1) is 15.5. The van der Waals surface area contributed by atoms with Crippen molar-refractivity contribution >= 4 is 22.0 Å². The predicted octanol–water partition coefficient (Wildman–Crippen LogP) is -0.0790. The summed E-state index contributed by atoms with van der Waals surface area (Å²) < 4.78 is 26.6. The molecule has 2 fully saturated rings. The number of nitrogens with one attached hydrogen (secondary N) is 2. The van der Waals surface area contributed by atoms with Gasteiger partial charge in [-0.1, -0.05) is 12.1 Å². The van der Waals surface area contributed by atoms with E-state index in [0.717, 1.165) is 0 Å². The second kappa shape index (κ2) is 5.33. The van der Waals surface area contributed by atoms with Gasteiger partial charge >= 0.3 is 6.03 Å². The summed E-state index contributed by atoms with van der Waals surface area (Å²) in [5.41, 5.74) is -0.947. The van der Waals surface area contributed by atoms with Crippen LogP contribution in [0.3, 0.4) is 0 Å². The highest BCUT2D eigenvalue weighted by Gasteiger charge is 2.49. The number of nitriles is 1. The fourth-order valence-corrected chi connectivity index (χ4v) is 4.50. The number of urea groups is 1. The Morgan fingerprint density at radius 3 is 2.39 bits per heavy atom. The molecular formula is C14H14N4O4S. The lowest BCUT2D eigenvalue weighted by Gasteiger charge is -2.36. The van der Waals surface area contributed by atoms with Crippen LogP contribution in [0.25, 0.3) is 0 Å². The Morgan fingerprint density at radius 1 is 1.17 bits per heavy atom. The molecule has 0 unspecified atom stereocenters. The van der Waals surface area contributed by atoms with Gasteiger partial charge < -0.3 is 5.32 Å². The molecule has 2 N–H and O–H groups in total. The van der Waals surface area contributed by atoms with Crippen molar-refractivity contribution in [2.75, 3.05) is 13.1 Å². The van der Waals surface area contributed by atoms with E-state index in [-0.39, 0.29) is 36.4 Å². The molecule has 2 aliphatic rings. The second-order valence-electron chi connectivity index (χ2n) is 5.50. The van der Waals surface area contributed by atoms with Gasteiger partial charge in [0.05, 0.1) is 10.5 Å². The maximum Gasteiger partial charge on any atom is 0.322 e. The summed E-state index contributed by atoms with van der Waals surface area (Å²) in [7, 11) is -3.82. The van der Waals surface area contributed by atoms with E-state index in [1.54, 1.807) is 12.1 Å². The van der Waals surface area contributed by atoms with E-state index in [0.29, 0.717) is 0 Å². The zero-order valence-electron chi connectivity index (χ0n) is 12.1. The Hall–Kier alpha value is -2.44. The molecule has 2 heterocycles. The summed E-state index contributed by atoms with van der Waals surface area (Å²) in [6.45, 7) is 0.186. The maximum absolute atomic E-state index is 12.7. The fourth-order valence-electron chi connectivity index (χ4n) is 2.91. The quantitative estimate of drug-likeness (QED) is 0.733. The van der Waals surface area contributed by atoms with Crippen molar-refractivity contribution in [3.63, 3.8) is 0 Å². The molecule has 120 valence electrons. The topological polar surface area (TPSA) is 119 Å². The number of sulfonamides is 1. The van der Waals surface area contributed by atoms with Gasteiger partial charge in [-0.2, -0.15) is 9.57 Å². The van der Waals surface area contributed by atoms with Gasteiger partial charge in [-0.3, -0.25) is 10.1 Å². The minimum atomic E-state index is -3.82. The predicted molar refractivity (Wildman–Crippen MR) is 78.6 cm³/mol. The number of benzene rings is 1. The van der Waals surface area contributed by atoms with Crippen LogP contribution in [0.1, 0.15) is 18.4 Å². The highest BCUT2D eigenvalue weighted by Crippen LogP contribution is 2.29. The van der Waals surface area contributed by atoms with Crippen LogP contribution in [0, 0.1) is 11.3 Å². The molecule has 9 heteroatoms. The van der Waals surface area contributed by atoms with E-state index in [4.69, 9.17) is 5.26 Å². The highest BCUT2D eigenvalue weighted by atomic mass is 32.2. The normalized spacial score (nSPS) is 20.8. The SMILES string of the molecule is N#Cc1ccccc1S(=O)(=O)N1CCC2(CC1)NC(=O)NC2=O. The average molecular weight is 334 g/mol. The third-order valence-corrected chi connectivity index (χ3v) is 6.17. The van der Waals surface area contributed by atoms with Gasteiger partial charge in [0, 0.05) is 13.1 Å². The number of nitrogens with zero attached hydrogens (tertiary/aromatic N) is 2. The third-order valence-electron chi connectivity index (χ3n) is 4.22. The van der Waals surface area contributed by atoms with Crippen molar-refractivity contribution in [3.8, 4) is 6.07 Å². The number of hydrogen-bond acceptors (Lipinski definition) is 5. The molecule has 1 spiro atoms. The van der Waals surface area contributed by atoms with Crippen LogP contribution in [-0.4, -0.2) is 43.3 Å². The van der Waals surface area contributed by atoms with Crippen molar-refractivity contribution in [2.45, 2.75) is 23.3 Å². The van der Waals surface area contributed by atoms with Crippen LogP contribution < -0.4 is 10.6 Å². The highest BCUT2D eigenvalue weighted by molar-refractivity contribution is 7.89. The monoisotopic (exact) mass is 334 g/mol. The Balaban J connectivity index is 1.84. The van der Waals surface area contributed by atoms with Crippen LogP contribution in [0.5, 0.6) is 0 Å². The summed E-state index contributed by atoms with van der Waals surface area (Å²) in [5, 5.41) is 13.8. The Kier molecular flexibility index (Phi) is 3.58. The number of carbonyl (C=O) groups is 2. The molecule has 1 aromatic carbocycles. The number of amides is 3. The molecule has 0 saturated carbocycles. The van der Waals surface area contributed by atoms with Crippen molar-refractivity contribution in [1.29, 1.82) is 5.26 Å². The van der Waals surface area contributed by atoms with E-state index in [2.05, 4.69) is 10.6 Å². The van der Waals surface area contributed by atoms with Crippen molar-refractivity contribution in [2.24, 2.45) is 0 Å². The molecule has 3 rings (SSSR count). The second-order valence-corrected chi connectivity index (χ2v) is 7.41. The van der Waals surface area contributed by atoms with Crippen LogP contribution in [-0.2, 0) is 14.8 Å². The summed E-state index contributed by atoms with van der Waals surface area (Å²) in [5.74, 6) is -0.419. The van der Waals surface area contributed by atoms with Crippen molar-refractivity contribution in [3.05, 3.63) is 29.8 Å².